The van der Waals surface area contributed by atoms with Crippen LogP contribution in [0.2, 0.25) is 0 Å². The van der Waals surface area contributed by atoms with Crippen LogP contribution in [0.25, 0.3) is 0 Å². The summed E-state index contributed by atoms with van der Waals surface area (Å²) >= 11 is -0.976. The van der Waals surface area contributed by atoms with Crippen LogP contribution in [0.3, 0.4) is 0 Å². The van der Waals surface area contributed by atoms with Crippen molar-refractivity contribution in [3.05, 3.63) is 0 Å². The van der Waals surface area contributed by atoms with Crippen molar-refractivity contribution in [3.63, 3.8) is 0 Å². The number of hydrogen-bond donors (Lipinski definition) is 1. The highest BCUT2D eigenvalue weighted by Gasteiger charge is 2.15. The van der Waals surface area contributed by atoms with Crippen LogP contribution in [0.4, 0.5) is 0 Å². The molecule has 1 saturated heterocycles. The first-order valence-corrected chi connectivity index (χ1v) is 4.84. The van der Waals surface area contributed by atoms with E-state index in [2.05, 4.69) is 4.72 Å². The summed E-state index contributed by atoms with van der Waals surface area (Å²) in [5.41, 5.74) is 0. The molecule has 1 N–H and O–H groups in total. The molecule has 5 heteroatoms. The summed E-state index contributed by atoms with van der Waals surface area (Å²) in [5, 5.41) is 0. The molecule has 1 heterocycles. The Morgan fingerprint density at radius 3 is 3.18 bits per heavy atom. The molecule has 66 valence electrons. The minimum atomic E-state index is -0.976. The summed E-state index contributed by atoms with van der Waals surface area (Å²) in [5.74, 6) is 0. The second-order valence-electron chi connectivity index (χ2n) is 2.42. The third kappa shape index (κ3) is 2.86. The summed E-state index contributed by atoms with van der Waals surface area (Å²) in [4.78, 5) is 0. The standard InChI is InChI=1S/C6H14N2O2S/c1-10-6-5-8-4-2-3-7-11(8)9/h7H,2-6H2,1H3. The molecule has 0 aliphatic carbocycles. The van der Waals surface area contributed by atoms with Crippen molar-refractivity contribution in [1.82, 2.24) is 9.03 Å². The first-order chi connectivity index (χ1) is 5.34. The maximum absolute atomic E-state index is 11.2. The number of nitrogens with zero attached hydrogens (tertiary/aromatic N) is 1. The van der Waals surface area contributed by atoms with Crippen LogP contribution in [-0.4, -0.2) is 41.9 Å². The van der Waals surface area contributed by atoms with Crippen molar-refractivity contribution in [2.24, 2.45) is 0 Å². The van der Waals surface area contributed by atoms with Gasteiger partial charge in [0.1, 0.15) is 0 Å². The van der Waals surface area contributed by atoms with E-state index < -0.39 is 11.2 Å². The largest absolute Gasteiger partial charge is 0.383 e. The number of methoxy groups -OCH3 is 1. The maximum Gasteiger partial charge on any atom is 0.169 e. The molecule has 0 bridgehead atoms. The first kappa shape index (κ1) is 9.12. The fourth-order valence-electron chi connectivity index (χ4n) is 0.977. The molecule has 0 spiro atoms. The van der Waals surface area contributed by atoms with Gasteiger partial charge in [0.2, 0.25) is 0 Å². The topological polar surface area (TPSA) is 41.6 Å². The average molecular weight is 178 g/mol. The summed E-state index contributed by atoms with van der Waals surface area (Å²) < 4.78 is 20.8. The Morgan fingerprint density at radius 1 is 1.73 bits per heavy atom. The number of rotatable bonds is 3. The lowest BCUT2D eigenvalue weighted by atomic mass is 10.4. The second kappa shape index (κ2) is 4.82. The Bertz CT molecular complexity index is 143. The van der Waals surface area contributed by atoms with Crippen LogP contribution < -0.4 is 4.72 Å². The third-order valence-corrected chi connectivity index (χ3v) is 2.87. The molecule has 0 aromatic rings. The molecule has 0 saturated carbocycles. The molecule has 0 radical (unpaired) electrons. The van der Waals surface area contributed by atoms with E-state index in [9.17, 15) is 4.21 Å². The predicted molar refractivity (Wildman–Crippen MR) is 44.2 cm³/mol. The van der Waals surface area contributed by atoms with Gasteiger partial charge in [-0.25, -0.2) is 13.2 Å². The zero-order chi connectivity index (χ0) is 8.10. The predicted octanol–water partition coefficient (Wildman–Crippen LogP) is -0.493. The van der Waals surface area contributed by atoms with Gasteiger partial charge in [0, 0.05) is 26.7 Å². The molecule has 0 aromatic heterocycles. The SMILES string of the molecule is COCCN1CCCNS1=O. The third-order valence-electron chi connectivity index (χ3n) is 1.59. The van der Waals surface area contributed by atoms with E-state index in [0.29, 0.717) is 6.61 Å². The highest BCUT2D eigenvalue weighted by Crippen LogP contribution is 2.00. The molecule has 1 fully saturated rings. The molecule has 1 unspecified atom stereocenters. The Kier molecular flexibility index (Phi) is 3.99. The first-order valence-electron chi connectivity index (χ1n) is 3.74. The summed E-state index contributed by atoms with van der Waals surface area (Å²) in [6.45, 7) is 3.16. The van der Waals surface area contributed by atoms with Crippen molar-refractivity contribution in [1.29, 1.82) is 0 Å². The monoisotopic (exact) mass is 178 g/mol. The Balaban J connectivity index is 2.24. The lowest BCUT2D eigenvalue weighted by molar-refractivity contribution is 0.178. The van der Waals surface area contributed by atoms with Crippen LogP contribution in [0.1, 0.15) is 6.42 Å². The smallest absolute Gasteiger partial charge is 0.169 e. The van der Waals surface area contributed by atoms with E-state index in [4.69, 9.17) is 4.74 Å². The Hall–Kier alpha value is 0.0300. The van der Waals surface area contributed by atoms with E-state index in [1.165, 1.54) is 0 Å². The molecule has 1 aliphatic heterocycles. The molecule has 11 heavy (non-hydrogen) atoms. The van der Waals surface area contributed by atoms with E-state index >= 15 is 0 Å². The molecule has 1 rings (SSSR count). The number of nitrogens with one attached hydrogen (secondary N) is 1. The quantitative estimate of drug-likeness (QED) is 0.633. The number of hydrogen-bond acceptors (Lipinski definition) is 2. The zero-order valence-corrected chi connectivity index (χ0v) is 7.52. The van der Waals surface area contributed by atoms with Crippen molar-refractivity contribution in [3.8, 4) is 0 Å². The van der Waals surface area contributed by atoms with Crippen molar-refractivity contribution < 1.29 is 8.95 Å². The maximum atomic E-state index is 11.2. The van der Waals surface area contributed by atoms with Gasteiger partial charge in [-0.3, -0.25) is 0 Å². The Labute approximate surface area is 69.6 Å². The average Bonchev–Trinajstić information content (AvgIpc) is 2.03. The molecule has 1 atom stereocenters. The van der Waals surface area contributed by atoms with Gasteiger partial charge in [0.05, 0.1) is 6.61 Å². The molecule has 0 aromatic carbocycles. The van der Waals surface area contributed by atoms with E-state index in [1.807, 2.05) is 4.31 Å². The minimum absolute atomic E-state index is 0.646. The fraction of sp³-hybridized carbons (Fsp3) is 1.00. The van der Waals surface area contributed by atoms with Crippen LogP contribution >= 0.6 is 0 Å². The van der Waals surface area contributed by atoms with Crippen LogP contribution in [0.5, 0.6) is 0 Å². The van der Waals surface area contributed by atoms with Gasteiger partial charge in [-0.05, 0) is 6.42 Å². The summed E-state index contributed by atoms with van der Waals surface area (Å²) in [6, 6.07) is 0. The molecule has 4 nitrogen and oxygen atoms in total. The van der Waals surface area contributed by atoms with Crippen LogP contribution in [0, 0.1) is 0 Å². The van der Waals surface area contributed by atoms with Gasteiger partial charge in [0.25, 0.3) is 0 Å². The van der Waals surface area contributed by atoms with E-state index in [0.717, 1.165) is 26.1 Å². The van der Waals surface area contributed by atoms with E-state index in [-0.39, 0.29) is 0 Å². The normalized spacial score (nSPS) is 27.2. The second-order valence-corrected chi connectivity index (χ2v) is 3.72. The zero-order valence-electron chi connectivity index (χ0n) is 6.71. The molecule has 1 aliphatic rings. The highest BCUT2D eigenvalue weighted by atomic mass is 32.2. The molecule has 0 amide bonds. The van der Waals surface area contributed by atoms with Gasteiger partial charge in [0.15, 0.2) is 11.2 Å². The summed E-state index contributed by atoms with van der Waals surface area (Å²) in [7, 11) is 1.65. The lowest BCUT2D eigenvalue weighted by Crippen LogP contribution is -2.43. The van der Waals surface area contributed by atoms with Crippen LogP contribution in [0.15, 0.2) is 0 Å². The van der Waals surface area contributed by atoms with Gasteiger partial charge >= 0.3 is 0 Å². The van der Waals surface area contributed by atoms with Crippen molar-refractivity contribution >= 4 is 11.2 Å². The van der Waals surface area contributed by atoms with Gasteiger partial charge in [-0.1, -0.05) is 0 Å². The number of ether oxygens (including phenoxy) is 1. The van der Waals surface area contributed by atoms with Crippen molar-refractivity contribution in [2.75, 3.05) is 33.4 Å². The molecular weight excluding hydrogens is 164 g/mol. The Morgan fingerprint density at radius 2 is 2.55 bits per heavy atom. The van der Waals surface area contributed by atoms with Gasteiger partial charge < -0.3 is 4.74 Å². The fourth-order valence-corrected chi connectivity index (χ4v) is 2.01. The minimum Gasteiger partial charge on any atom is -0.383 e. The lowest BCUT2D eigenvalue weighted by Gasteiger charge is -2.24. The van der Waals surface area contributed by atoms with Crippen molar-refractivity contribution in [2.45, 2.75) is 6.42 Å². The van der Waals surface area contributed by atoms with Gasteiger partial charge in [-0.15, -0.1) is 0 Å². The summed E-state index contributed by atoms with van der Waals surface area (Å²) in [6.07, 6.45) is 1.06. The molecular formula is C6H14N2O2S. The van der Waals surface area contributed by atoms with Crippen LogP contribution in [-0.2, 0) is 15.9 Å². The van der Waals surface area contributed by atoms with E-state index in [1.54, 1.807) is 7.11 Å². The highest BCUT2D eigenvalue weighted by molar-refractivity contribution is 7.80. The van der Waals surface area contributed by atoms with Gasteiger partial charge in [-0.2, -0.15) is 0 Å².